The molecule has 0 aliphatic heterocycles. The number of alkyl halides is 1. The summed E-state index contributed by atoms with van der Waals surface area (Å²) >= 11 is 3.39. The lowest BCUT2D eigenvalue weighted by molar-refractivity contribution is 0.305. The molecule has 0 aromatic carbocycles. The number of rotatable bonds is 2. The summed E-state index contributed by atoms with van der Waals surface area (Å²) in [5.74, 6) is 1.11. The Morgan fingerprint density at radius 3 is 2.46 bits per heavy atom. The first-order chi connectivity index (χ1) is 5.95. The van der Waals surface area contributed by atoms with Crippen LogP contribution in [0.5, 0.6) is 0 Å². The highest BCUT2D eigenvalue weighted by atomic mass is 79.9. The van der Waals surface area contributed by atoms with Crippen molar-refractivity contribution in [3.05, 3.63) is 5.82 Å². The molecule has 1 atom stereocenters. The smallest absolute Gasteiger partial charge is 0.159 e. The summed E-state index contributed by atoms with van der Waals surface area (Å²) in [5, 5.41) is 13.2. The Labute approximate surface area is 86.8 Å². The van der Waals surface area contributed by atoms with Crippen LogP contribution in [0.1, 0.15) is 39.4 Å². The van der Waals surface area contributed by atoms with Crippen LogP contribution in [0.4, 0.5) is 0 Å². The fourth-order valence-electron chi connectivity index (χ4n) is 0.776. The number of tetrazole rings is 1. The van der Waals surface area contributed by atoms with E-state index in [2.05, 4.69) is 59.0 Å². The minimum atomic E-state index is -0.0860. The molecule has 0 bridgehead atoms. The first kappa shape index (κ1) is 10.6. The maximum Gasteiger partial charge on any atom is 0.178 e. The van der Waals surface area contributed by atoms with Crippen LogP contribution < -0.4 is 0 Å². The van der Waals surface area contributed by atoms with Crippen LogP contribution in [-0.2, 0) is 5.54 Å². The Kier molecular flexibility index (Phi) is 3.05. The van der Waals surface area contributed by atoms with E-state index in [9.17, 15) is 0 Å². The minimum absolute atomic E-state index is 0.0860. The fourth-order valence-corrected chi connectivity index (χ4v) is 1.07. The van der Waals surface area contributed by atoms with Gasteiger partial charge in [0, 0.05) is 11.2 Å². The molecule has 1 aromatic rings. The lowest BCUT2D eigenvalue weighted by Crippen LogP contribution is -2.24. The highest BCUT2D eigenvalue weighted by Gasteiger charge is 2.18. The zero-order chi connectivity index (χ0) is 10.1. The molecule has 74 valence electrons. The number of halogens is 1. The zero-order valence-electron chi connectivity index (χ0n) is 8.45. The summed E-state index contributed by atoms with van der Waals surface area (Å²) < 4.78 is 0. The predicted octanol–water partition coefficient (Wildman–Crippen LogP) is 1.93. The van der Waals surface area contributed by atoms with Crippen molar-refractivity contribution in [2.75, 3.05) is 5.33 Å². The molecule has 0 aliphatic carbocycles. The van der Waals surface area contributed by atoms with Gasteiger partial charge >= 0.3 is 0 Å². The van der Waals surface area contributed by atoms with Gasteiger partial charge in [0.2, 0.25) is 0 Å². The summed E-state index contributed by atoms with van der Waals surface area (Å²) in [6.07, 6.45) is 0. The van der Waals surface area contributed by atoms with Crippen molar-refractivity contribution >= 4 is 15.9 Å². The molecule has 0 aliphatic rings. The second-order valence-corrected chi connectivity index (χ2v) is 4.81. The zero-order valence-corrected chi connectivity index (χ0v) is 10.0. The van der Waals surface area contributed by atoms with Crippen molar-refractivity contribution < 1.29 is 0 Å². The van der Waals surface area contributed by atoms with Crippen LogP contribution in [0.15, 0.2) is 0 Å². The second kappa shape index (κ2) is 3.74. The van der Waals surface area contributed by atoms with E-state index < -0.39 is 0 Å². The number of nitrogens with zero attached hydrogens (tertiary/aromatic N) is 4. The highest BCUT2D eigenvalue weighted by molar-refractivity contribution is 9.09. The molecular weight excluding hydrogens is 232 g/mol. The van der Waals surface area contributed by atoms with E-state index in [-0.39, 0.29) is 5.54 Å². The Balaban J connectivity index is 2.87. The summed E-state index contributed by atoms with van der Waals surface area (Å²) in [4.78, 5) is 1.65. The van der Waals surface area contributed by atoms with Crippen molar-refractivity contribution in [3.8, 4) is 0 Å². The molecule has 0 radical (unpaired) electrons. The Morgan fingerprint density at radius 1 is 1.46 bits per heavy atom. The van der Waals surface area contributed by atoms with Gasteiger partial charge in [-0.15, -0.1) is 10.2 Å². The van der Waals surface area contributed by atoms with Crippen molar-refractivity contribution in [2.24, 2.45) is 0 Å². The number of hydrogen-bond donors (Lipinski definition) is 0. The van der Waals surface area contributed by atoms with Crippen molar-refractivity contribution in [2.45, 2.75) is 39.2 Å². The van der Waals surface area contributed by atoms with Gasteiger partial charge in [0.05, 0.1) is 5.54 Å². The van der Waals surface area contributed by atoms with Crippen LogP contribution in [0.2, 0.25) is 0 Å². The van der Waals surface area contributed by atoms with Gasteiger partial charge in [-0.2, -0.15) is 4.80 Å². The summed E-state index contributed by atoms with van der Waals surface area (Å²) in [5.41, 5.74) is -0.0860. The van der Waals surface area contributed by atoms with Crippen molar-refractivity contribution in [1.29, 1.82) is 0 Å². The molecule has 13 heavy (non-hydrogen) atoms. The van der Waals surface area contributed by atoms with Gasteiger partial charge in [-0.3, -0.25) is 0 Å². The Hall–Kier alpha value is -0.450. The van der Waals surface area contributed by atoms with E-state index in [1.165, 1.54) is 0 Å². The highest BCUT2D eigenvalue weighted by Crippen LogP contribution is 2.14. The van der Waals surface area contributed by atoms with E-state index >= 15 is 0 Å². The first-order valence-corrected chi connectivity index (χ1v) is 5.43. The molecule has 0 saturated heterocycles. The fraction of sp³-hybridized carbons (Fsp3) is 0.875. The van der Waals surface area contributed by atoms with Gasteiger partial charge in [-0.1, -0.05) is 22.9 Å². The first-order valence-electron chi connectivity index (χ1n) is 4.31. The SMILES string of the molecule is CC(CBr)c1nnn(C(C)(C)C)n1. The molecule has 0 amide bonds. The number of aromatic nitrogens is 4. The predicted molar refractivity (Wildman–Crippen MR) is 55.0 cm³/mol. The van der Waals surface area contributed by atoms with Gasteiger partial charge in [0.25, 0.3) is 0 Å². The number of hydrogen-bond acceptors (Lipinski definition) is 3. The molecule has 1 unspecified atom stereocenters. The third-order valence-electron chi connectivity index (χ3n) is 1.70. The molecule has 0 spiro atoms. The van der Waals surface area contributed by atoms with Gasteiger partial charge < -0.3 is 0 Å². The summed E-state index contributed by atoms with van der Waals surface area (Å²) in [7, 11) is 0. The topological polar surface area (TPSA) is 43.6 Å². The third-order valence-corrected chi connectivity index (χ3v) is 2.67. The largest absolute Gasteiger partial charge is 0.178 e. The van der Waals surface area contributed by atoms with Crippen LogP contribution >= 0.6 is 15.9 Å². The van der Waals surface area contributed by atoms with Crippen LogP contribution in [0.25, 0.3) is 0 Å². The van der Waals surface area contributed by atoms with E-state index in [0.29, 0.717) is 5.92 Å². The molecule has 1 aromatic heterocycles. The molecule has 0 saturated carbocycles. The third kappa shape index (κ3) is 2.49. The van der Waals surface area contributed by atoms with Crippen LogP contribution in [0, 0.1) is 0 Å². The van der Waals surface area contributed by atoms with Crippen LogP contribution in [-0.4, -0.2) is 25.5 Å². The molecule has 0 N–H and O–H groups in total. The van der Waals surface area contributed by atoms with Gasteiger partial charge in [-0.05, 0) is 26.0 Å². The van der Waals surface area contributed by atoms with E-state index in [1.54, 1.807) is 4.80 Å². The van der Waals surface area contributed by atoms with Crippen LogP contribution in [0.3, 0.4) is 0 Å². The van der Waals surface area contributed by atoms with E-state index in [4.69, 9.17) is 0 Å². The summed E-state index contributed by atoms with van der Waals surface area (Å²) in [6.45, 7) is 8.23. The average molecular weight is 247 g/mol. The van der Waals surface area contributed by atoms with Crippen molar-refractivity contribution in [3.63, 3.8) is 0 Å². The molecular formula is C8H15BrN4. The quantitative estimate of drug-likeness (QED) is 0.750. The monoisotopic (exact) mass is 246 g/mol. The Morgan fingerprint density at radius 2 is 2.08 bits per heavy atom. The molecule has 1 heterocycles. The van der Waals surface area contributed by atoms with Gasteiger partial charge in [0.1, 0.15) is 0 Å². The summed E-state index contributed by atoms with van der Waals surface area (Å²) in [6, 6.07) is 0. The second-order valence-electron chi connectivity index (χ2n) is 4.16. The molecule has 5 heteroatoms. The molecule has 1 rings (SSSR count). The van der Waals surface area contributed by atoms with Gasteiger partial charge in [-0.25, -0.2) is 0 Å². The average Bonchev–Trinajstić information content (AvgIpc) is 2.50. The van der Waals surface area contributed by atoms with Gasteiger partial charge in [0.15, 0.2) is 5.82 Å². The minimum Gasteiger partial charge on any atom is -0.159 e. The van der Waals surface area contributed by atoms with Crippen molar-refractivity contribution in [1.82, 2.24) is 20.2 Å². The maximum absolute atomic E-state index is 4.32. The maximum atomic E-state index is 4.32. The lowest BCUT2D eigenvalue weighted by Gasteiger charge is -2.15. The Bertz CT molecular complexity index is 276. The lowest BCUT2D eigenvalue weighted by atomic mass is 10.1. The van der Waals surface area contributed by atoms with E-state index in [1.807, 2.05) is 0 Å². The molecule has 0 fully saturated rings. The normalized spacial score (nSPS) is 14.5. The van der Waals surface area contributed by atoms with E-state index in [0.717, 1.165) is 11.2 Å². The molecule has 4 nitrogen and oxygen atoms in total. The standard InChI is InChI=1S/C8H15BrN4/c1-6(5-9)7-10-12-13(11-7)8(2,3)4/h6H,5H2,1-4H3.